The van der Waals surface area contributed by atoms with Crippen LogP contribution >= 0.6 is 0 Å². The summed E-state index contributed by atoms with van der Waals surface area (Å²) in [6.07, 6.45) is 5.93. The first-order valence-electron chi connectivity index (χ1n) is 6.13. The van der Waals surface area contributed by atoms with E-state index in [0.717, 1.165) is 0 Å². The van der Waals surface area contributed by atoms with Gasteiger partial charge < -0.3 is 15.2 Å². The second-order valence-corrected chi connectivity index (χ2v) is 4.19. The first-order chi connectivity index (χ1) is 10.2. The van der Waals surface area contributed by atoms with Crippen molar-refractivity contribution >= 4 is 12.1 Å². The van der Waals surface area contributed by atoms with Crippen LogP contribution in [0.25, 0.3) is 11.3 Å². The summed E-state index contributed by atoms with van der Waals surface area (Å²) in [5.74, 6) is 3.84. The fourth-order valence-corrected chi connectivity index (χ4v) is 2.01. The minimum Gasteiger partial charge on any atom is -0.497 e. The molecule has 0 amide bonds. The van der Waals surface area contributed by atoms with Crippen molar-refractivity contribution in [3.63, 3.8) is 0 Å². The maximum Gasteiger partial charge on any atom is 0.156 e. The van der Waals surface area contributed by atoms with Gasteiger partial charge in [0.25, 0.3) is 0 Å². The van der Waals surface area contributed by atoms with E-state index in [1.54, 1.807) is 25.3 Å². The number of methoxy groups -OCH3 is 2. The van der Waals surface area contributed by atoms with E-state index in [-0.39, 0.29) is 17.9 Å². The standard InChI is InChI=1S/C15H15N3O3/c1-4-7-18-15(16)12(9-19)14(17-18)11-6-5-10(20-2)8-13(11)21-3/h1,5-6,8-9H,7,16H2,2-3H3. The lowest BCUT2D eigenvalue weighted by Gasteiger charge is -2.09. The van der Waals surface area contributed by atoms with Gasteiger partial charge in [-0.2, -0.15) is 5.10 Å². The van der Waals surface area contributed by atoms with E-state index < -0.39 is 0 Å². The van der Waals surface area contributed by atoms with E-state index >= 15 is 0 Å². The van der Waals surface area contributed by atoms with Crippen molar-refractivity contribution in [1.82, 2.24) is 9.78 Å². The Bertz CT molecular complexity index is 714. The molecule has 0 aliphatic rings. The molecule has 2 aromatic rings. The van der Waals surface area contributed by atoms with Gasteiger partial charge in [0, 0.05) is 11.6 Å². The molecule has 108 valence electrons. The summed E-state index contributed by atoms with van der Waals surface area (Å²) in [5, 5.41) is 4.30. The fourth-order valence-electron chi connectivity index (χ4n) is 2.01. The van der Waals surface area contributed by atoms with Gasteiger partial charge >= 0.3 is 0 Å². The van der Waals surface area contributed by atoms with Gasteiger partial charge in [0.2, 0.25) is 0 Å². The molecule has 0 atom stereocenters. The smallest absolute Gasteiger partial charge is 0.156 e. The summed E-state index contributed by atoms with van der Waals surface area (Å²) in [4.78, 5) is 11.3. The zero-order chi connectivity index (χ0) is 15.4. The van der Waals surface area contributed by atoms with Crippen molar-refractivity contribution in [2.45, 2.75) is 6.54 Å². The van der Waals surface area contributed by atoms with Gasteiger partial charge in [-0.05, 0) is 12.1 Å². The second-order valence-electron chi connectivity index (χ2n) is 4.19. The van der Waals surface area contributed by atoms with Gasteiger partial charge in [-0.15, -0.1) is 6.42 Å². The molecular formula is C15H15N3O3. The molecule has 0 saturated carbocycles. The highest BCUT2D eigenvalue weighted by Gasteiger charge is 2.19. The van der Waals surface area contributed by atoms with Crippen LogP contribution in [0.2, 0.25) is 0 Å². The van der Waals surface area contributed by atoms with Crippen LogP contribution in [0.3, 0.4) is 0 Å². The van der Waals surface area contributed by atoms with E-state index in [1.807, 2.05) is 0 Å². The van der Waals surface area contributed by atoms with Crippen LogP contribution in [-0.4, -0.2) is 30.3 Å². The Labute approximate surface area is 122 Å². The lowest BCUT2D eigenvalue weighted by molar-refractivity contribution is 0.112. The molecule has 6 nitrogen and oxygen atoms in total. The number of terminal acetylenes is 1. The highest BCUT2D eigenvalue weighted by atomic mass is 16.5. The van der Waals surface area contributed by atoms with E-state index in [4.69, 9.17) is 21.6 Å². The van der Waals surface area contributed by atoms with Crippen molar-refractivity contribution in [2.24, 2.45) is 0 Å². The quantitative estimate of drug-likeness (QED) is 0.666. The first-order valence-corrected chi connectivity index (χ1v) is 6.13. The van der Waals surface area contributed by atoms with Crippen molar-refractivity contribution < 1.29 is 14.3 Å². The fraction of sp³-hybridized carbons (Fsp3) is 0.200. The Balaban J connectivity index is 2.64. The summed E-state index contributed by atoms with van der Waals surface area (Å²) in [6, 6.07) is 5.22. The molecule has 0 aliphatic heterocycles. The van der Waals surface area contributed by atoms with Crippen molar-refractivity contribution in [1.29, 1.82) is 0 Å². The molecule has 1 heterocycles. The molecule has 0 aliphatic carbocycles. The number of carbonyl (C=O) groups is 1. The van der Waals surface area contributed by atoms with Crippen LogP contribution in [0.1, 0.15) is 10.4 Å². The monoisotopic (exact) mass is 285 g/mol. The van der Waals surface area contributed by atoms with Crippen LogP contribution < -0.4 is 15.2 Å². The van der Waals surface area contributed by atoms with Gasteiger partial charge in [0.1, 0.15) is 29.6 Å². The van der Waals surface area contributed by atoms with Gasteiger partial charge in [0.15, 0.2) is 6.29 Å². The summed E-state index contributed by atoms with van der Waals surface area (Å²) in [7, 11) is 3.09. The zero-order valence-electron chi connectivity index (χ0n) is 11.8. The number of benzene rings is 1. The molecule has 0 saturated heterocycles. The lowest BCUT2D eigenvalue weighted by Crippen LogP contribution is -2.03. The van der Waals surface area contributed by atoms with Crippen LogP contribution in [0, 0.1) is 12.3 Å². The Kier molecular flexibility index (Phi) is 4.14. The number of hydrogen-bond donors (Lipinski definition) is 1. The van der Waals surface area contributed by atoms with E-state index in [0.29, 0.717) is 29.0 Å². The van der Waals surface area contributed by atoms with E-state index in [2.05, 4.69) is 11.0 Å². The Morgan fingerprint density at radius 3 is 2.76 bits per heavy atom. The molecule has 0 unspecified atom stereocenters. The second kappa shape index (κ2) is 6.01. The number of hydrogen-bond acceptors (Lipinski definition) is 5. The number of nitrogen functional groups attached to an aromatic ring is 1. The molecule has 1 aromatic carbocycles. The molecule has 0 bridgehead atoms. The topological polar surface area (TPSA) is 79.4 Å². The number of aromatic nitrogens is 2. The van der Waals surface area contributed by atoms with Gasteiger partial charge in [0.05, 0.1) is 19.8 Å². The zero-order valence-corrected chi connectivity index (χ0v) is 11.8. The minimum atomic E-state index is 0.186. The molecular weight excluding hydrogens is 270 g/mol. The maximum atomic E-state index is 11.3. The summed E-state index contributed by atoms with van der Waals surface area (Å²) >= 11 is 0. The summed E-state index contributed by atoms with van der Waals surface area (Å²) < 4.78 is 11.9. The van der Waals surface area contributed by atoms with Crippen molar-refractivity contribution in [3.8, 4) is 35.1 Å². The third-order valence-corrected chi connectivity index (χ3v) is 3.05. The Hall–Kier alpha value is -2.94. The largest absolute Gasteiger partial charge is 0.497 e. The number of anilines is 1. The van der Waals surface area contributed by atoms with Crippen LogP contribution in [0.15, 0.2) is 18.2 Å². The van der Waals surface area contributed by atoms with Crippen LogP contribution in [0.4, 0.5) is 5.82 Å². The Morgan fingerprint density at radius 1 is 1.43 bits per heavy atom. The molecule has 21 heavy (non-hydrogen) atoms. The molecule has 1 aromatic heterocycles. The molecule has 2 N–H and O–H groups in total. The predicted octanol–water partition coefficient (Wildman–Crippen LogP) is 1.60. The summed E-state index contributed by atoms with van der Waals surface area (Å²) in [6.45, 7) is 0.186. The lowest BCUT2D eigenvalue weighted by atomic mass is 10.1. The molecule has 2 rings (SSSR count). The van der Waals surface area contributed by atoms with Gasteiger partial charge in [-0.3, -0.25) is 4.79 Å². The molecule has 0 fully saturated rings. The SMILES string of the molecule is C#CCn1nc(-c2ccc(OC)cc2OC)c(C=O)c1N. The van der Waals surface area contributed by atoms with Gasteiger partial charge in [-0.1, -0.05) is 5.92 Å². The van der Waals surface area contributed by atoms with Crippen LogP contribution in [-0.2, 0) is 6.54 Å². The normalized spacial score (nSPS) is 9.95. The number of nitrogens with zero attached hydrogens (tertiary/aromatic N) is 2. The van der Waals surface area contributed by atoms with E-state index in [1.165, 1.54) is 11.8 Å². The number of nitrogens with two attached hydrogens (primary N) is 1. The van der Waals surface area contributed by atoms with Crippen molar-refractivity contribution in [3.05, 3.63) is 23.8 Å². The highest BCUT2D eigenvalue weighted by Crippen LogP contribution is 2.35. The molecule has 0 spiro atoms. The first kappa shape index (κ1) is 14.5. The summed E-state index contributed by atoms with van der Waals surface area (Å²) in [5.41, 5.74) is 7.25. The number of rotatable bonds is 5. The maximum absolute atomic E-state index is 11.3. The van der Waals surface area contributed by atoms with E-state index in [9.17, 15) is 4.79 Å². The number of ether oxygens (including phenoxy) is 2. The highest BCUT2D eigenvalue weighted by molar-refractivity contribution is 5.93. The third-order valence-electron chi connectivity index (χ3n) is 3.05. The average molecular weight is 285 g/mol. The molecule has 6 heteroatoms. The molecule has 0 radical (unpaired) electrons. The number of aldehydes is 1. The predicted molar refractivity (Wildman–Crippen MR) is 79.4 cm³/mol. The minimum absolute atomic E-state index is 0.186. The van der Waals surface area contributed by atoms with Crippen molar-refractivity contribution in [2.75, 3.05) is 20.0 Å². The van der Waals surface area contributed by atoms with Crippen LogP contribution in [0.5, 0.6) is 11.5 Å². The average Bonchev–Trinajstić information content (AvgIpc) is 2.83. The Morgan fingerprint density at radius 2 is 2.19 bits per heavy atom. The third kappa shape index (κ3) is 2.54. The van der Waals surface area contributed by atoms with Gasteiger partial charge in [-0.25, -0.2) is 4.68 Å². The number of carbonyl (C=O) groups excluding carboxylic acids is 1.